The van der Waals surface area contributed by atoms with E-state index in [9.17, 15) is 9.59 Å². The molecule has 1 unspecified atom stereocenters. The largest absolute Gasteiger partial charge is 0.467 e. The molecule has 7 heteroatoms. The summed E-state index contributed by atoms with van der Waals surface area (Å²) < 4.78 is 7.70. The van der Waals surface area contributed by atoms with E-state index in [0.29, 0.717) is 16.1 Å². The summed E-state index contributed by atoms with van der Waals surface area (Å²) in [4.78, 5) is 29.9. The van der Waals surface area contributed by atoms with Crippen molar-refractivity contribution in [1.82, 2.24) is 4.57 Å². The Bertz CT molecular complexity index is 938. The number of thiophene rings is 1. The third-order valence-electron chi connectivity index (χ3n) is 3.63. The number of nitrogens with zero attached hydrogens (tertiary/aromatic N) is 2. The Morgan fingerprint density at radius 3 is 2.71 bits per heavy atom. The van der Waals surface area contributed by atoms with E-state index >= 15 is 0 Å². The van der Waals surface area contributed by atoms with E-state index in [1.54, 1.807) is 10.6 Å². The summed E-state index contributed by atoms with van der Waals surface area (Å²) in [5.74, 6) is -0.642. The minimum atomic E-state index is -0.513. The first-order chi connectivity index (χ1) is 11.7. The van der Waals surface area contributed by atoms with Crippen molar-refractivity contribution in [3.8, 4) is 0 Å². The lowest BCUT2D eigenvalue weighted by molar-refractivity contribution is -0.144. The number of ether oxygens (including phenoxy) is 1. The first-order valence-corrected chi connectivity index (χ1v) is 9.15. The smallest absolute Gasteiger partial charge is 0.328 e. The molecule has 2 heterocycles. The van der Waals surface area contributed by atoms with E-state index in [4.69, 9.17) is 4.74 Å². The Hall–Kier alpha value is -2.25. The van der Waals surface area contributed by atoms with Gasteiger partial charge in [-0.2, -0.15) is 4.99 Å². The number of rotatable bonds is 4. The number of hydrogen-bond donors (Lipinski definition) is 0. The van der Waals surface area contributed by atoms with Crippen LogP contribution < -0.4 is 4.80 Å². The molecule has 0 saturated carbocycles. The molecule has 0 radical (unpaired) electrons. The fourth-order valence-corrected chi connectivity index (χ4v) is 4.18. The molecule has 124 valence electrons. The summed E-state index contributed by atoms with van der Waals surface area (Å²) in [5, 5.41) is 1.84. The van der Waals surface area contributed by atoms with E-state index in [0.717, 1.165) is 10.2 Å². The number of hydrogen-bond acceptors (Lipinski definition) is 5. The second-order valence-corrected chi connectivity index (χ2v) is 7.02. The number of thiazole rings is 1. The molecule has 0 saturated heterocycles. The van der Waals surface area contributed by atoms with Gasteiger partial charge in [0.05, 0.1) is 22.2 Å². The summed E-state index contributed by atoms with van der Waals surface area (Å²) in [5.41, 5.74) is 0.873. The van der Waals surface area contributed by atoms with Crippen molar-refractivity contribution in [2.45, 2.75) is 19.4 Å². The van der Waals surface area contributed by atoms with E-state index < -0.39 is 6.04 Å². The van der Waals surface area contributed by atoms with Crippen LogP contribution in [0.3, 0.4) is 0 Å². The average molecular weight is 360 g/mol. The maximum absolute atomic E-state index is 12.4. The molecule has 24 heavy (non-hydrogen) atoms. The van der Waals surface area contributed by atoms with Crippen molar-refractivity contribution in [3.63, 3.8) is 0 Å². The number of carbonyl (C=O) groups is 2. The van der Waals surface area contributed by atoms with Crippen LogP contribution in [-0.2, 0) is 9.53 Å². The first-order valence-electron chi connectivity index (χ1n) is 7.46. The fraction of sp³-hybridized carbons (Fsp3) is 0.235. The lowest BCUT2D eigenvalue weighted by Crippen LogP contribution is -2.28. The zero-order valence-corrected chi connectivity index (χ0v) is 14.9. The van der Waals surface area contributed by atoms with Crippen LogP contribution in [0.5, 0.6) is 0 Å². The molecule has 1 aromatic carbocycles. The van der Waals surface area contributed by atoms with Gasteiger partial charge in [-0.15, -0.1) is 11.3 Å². The van der Waals surface area contributed by atoms with Gasteiger partial charge in [-0.1, -0.05) is 36.5 Å². The number of amides is 1. The van der Waals surface area contributed by atoms with E-state index in [-0.39, 0.29) is 11.9 Å². The van der Waals surface area contributed by atoms with Crippen molar-refractivity contribution in [3.05, 3.63) is 51.5 Å². The molecule has 0 bridgehead atoms. The quantitative estimate of drug-likeness (QED) is 0.668. The molecule has 0 spiro atoms. The molecule has 0 aliphatic carbocycles. The highest BCUT2D eigenvalue weighted by Crippen LogP contribution is 2.23. The highest BCUT2D eigenvalue weighted by Gasteiger charge is 2.23. The van der Waals surface area contributed by atoms with Gasteiger partial charge in [0.15, 0.2) is 4.80 Å². The van der Waals surface area contributed by atoms with E-state index in [2.05, 4.69) is 4.99 Å². The maximum Gasteiger partial charge on any atom is 0.328 e. The third kappa shape index (κ3) is 3.05. The molecular weight excluding hydrogens is 344 g/mol. The summed E-state index contributed by atoms with van der Waals surface area (Å²) in [7, 11) is 1.37. The Kier molecular flexibility index (Phi) is 4.92. The van der Waals surface area contributed by atoms with Gasteiger partial charge in [-0.25, -0.2) is 4.79 Å². The number of para-hydroxylation sites is 1. The van der Waals surface area contributed by atoms with Gasteiger partial charge in [-0.3, -0.25) is 4.79 Å². The van der Waals surface area contributed by atoms with Crippen molar-refractivity contribution in [2.24, 2.45) is 4.99 Å². The van der Waals surface area contributed by atoms with Gasteiger partial charge >= 0.3 is 5.97 Å². The molecule has 1 amide bonds. The Morgan fingerprint density at radius 1 is 1.25 bits per heavy atom. The third-order valence-corrected chi connectivity index (χ3v) is 5.53. The van der Waals surface area contributed by atoms with Crippen molar-refractivity contribution in [1.29, 1.82) is 0 Å². The van der Waals surface area contributed by atoms with Crippen LogP contribution in [0.2, 0.25) is 0 Å². The van der Waals surface area contributed by atoms with Crippen LogP contribution in [0.4, 0.5) is 0 Å². The monoisotopic (exact) mass is 360 g/mol. The molecule has 2 aromatic heterocycles. The number of esters is 1. The van der Waals surface area contributed by atoms with Gasteiger partial charge in [0.1, 0.15) is 6.04 Å². The first kappa shape index (κ1) is 16.6. The molecule has 3 rings (SSSR count). The number of methoxy groups -OCH3 is 1. The molecule has 0 N–H and O–H groups in total. The summed E-state index contributed by atoms with van der Waals surface area (Å²) in [6.45, 7) is 1.91. The zero-order chi connectivity index (χ0) is 17.1. The normalized spacial score (nSPS) is 13.2. The van der Waals surface area contributed by atoms with Gasteiger partial charge in [0.25, 0.3) is 5.91 Å². The van der Waals surface area contributed by atoms with Gasteiger partial charge in [-0.05, 0) is 30.0 Å². The highest BCUT2D eigenvalue weighted by atomic mass is 32.1. The molecule has 0 aliphatic rings. The van der Waals surface area contributed by atoms with Crippen molar-refractivity contribution in [2.75, 3.05) is 7.11 Å². The molecule has 3 aromatic rings. The van der Waals surface area contributed by atoms with Crippen LogP contribution in [0, 0.1) is 0 Å². The van der Waals surface area contributed by atoms with Gasteiger partial charge < -0.3 is 9.30 Å². The van der Waals surface area contributed by atoms with Gasteiger partial charge in [0, 0.05) is 0 Å². The minimum Gasteiger partial charge on any atom is -0.467 e. The molecule has 5 nitrogen and oxygen atoms in total. The summed E-state index contributed by atoms with van der Waals surface area (Å²) in [6.07, 6.45) is 0.549. The topological polar surface area (TPSA) is 60.7 Å². The lowest BCUT2D eigenvalue weighted by atomic mass is 10.2. The predicted octanol–water partition coefficient (Wildman–Crippen LogP) is 3.63. The molecule has 1 atom stereocenters. The zero-order valence-electron chi connectivity index (χ0n) is 13.3. The average Bonchev–Trinajstić information content (AvgIpc) is 3.24. The number of fused-ring (bicyclic) bond motifs is 1. The van der Waals surface area contributed by atoms with Crippen LogP contribution in [0.1, 0.15) is 29.1 Å². The Balaban J connectivity index is 2.22. The molecular formula is C17H16N2O3S2. The maximum atomic E-state index is 12.4. The highest BCUT2D eigenvalue weighted by molar-refractivity contribution is 7.16. The molecule has 0 fully saturated rings. The van der Waals surface area contributed by atoms with Gasteiger partial charge in [0.2, 0.25) is 0 Å². The predicted molar refractivity (Wildman–Crippen MR) is 95.4 cm³/mol. The van der Waals surface area contributed by atoms with Crippen LogP contribution in [0.25, 0.3) is 10.2 Å². The summed E-state index contributed by atoms with van der Waals surface area (Å²) in [6, 6.07) is 10.7. The van der Waals surface area contributed by atoms with Crippen LogP contribution >= 0.6 is 22.7 Å². The minimum absolute atomic E-state index is 0.301. The second-order valence-electron chi connectivity index (χ2n) is 5.06. The van der Waals surface area contributed by atoms with E-state index in [1.165, 1.54) is 29.8 Å². The Morgan fingerprint density at radius 2 is 2.04 bits per heavy atom. The fourth-order valence-electron chi connectivity index (χ4n) is 2.50. The van der Waals surface area contributed by atoms with E-state index in [1.807, 2.05) is 42.6 Å². The SMILES string of the molecule is CCC(C(=O)OC)n1/c(=N\C(=O)c2cccs2)sc2ccccc21. The number of benzene rings is 1. The van der Waals surface area contributed by atoms with Crippen LogP contribution in [0.15, 0.2) is 46.8 Å². The number of aromatic nitrogens is 1. The lowest BCUT2D eigenvalue weighted by Gasteiger charge is -2.15. The molecule has 0 aliphatic heterocycles. The summed E-state index contributed by atoms with van der Waals surface area (Å²) >= 11 is 2.74. The standard InChI is InChI=1S/C17H16N2O3S2/c1-3-11(16(21)22-2)19-12-7-4-5-8-13(12)24-17(19)18-15(20)14-9-6-10-23-14/h4-11H,3H2,1-2H3/b18-17+. The second kappa shape index (κ2) is 7.11. The Labute approximate surface area is 146 Å². The van der Waals surface area contributed by atoms with Crippen molar-refractivity contribution < 1.29 is 14.3 Å². The van der Waals surface area contributed by atoms with Crippen molar-refractivity contribution >= 4 is 44.8 Å². The number of carbonyl (C=O) groups excluding carboxylic acids is 2. The van der Waals surface area contributed by atoms with Crippen LogP contribution in [-0.4, -0.2) is 23.6 Å².